The van der Waals surface area contributed by atoms with Crippen molar-refractivity contribution in [3.63, 3.8) is 0 Å². The van der Waals surface area contributed by atoms with Gasteiger partial charge in [-0.25, -0.2) is 0 Å². The Bertz CT molecular complexity index is 590. The molecule has 1 heterocycles. The Hall–Kier alpha value is -1.29. The van der Waals surface area contributed by atoms with Gasteiger partial charge >= 0.3 is 0 Å². The van der Waals surface area contributed by atoms with Crippen LogP contribution in [0.5, 0.6) is 0 Å². The maximum absolute atomic E-state index is 5.95. The quantitative estimate of drug-likeness (QED) is 0.746. The molecule has 3 nitrogen and oxygen atoms in total. The van der Waals surface area contributed by atoms with Crippen LogP contribution in [0.1, 0.15) is 28.9 Å². The van der Waals surface area contributed by atoms with E-state index >= 15 is 0 Å². The number of rotatable bonds is 8. The predicted octanol–water partition coefficient (Wildman–Crippen LogP) is 3.93. The standard InChI is InChI=1S/C18H25ClN2O/c1-14-11-17(12-20-9-4-10-22-3)15(2)21(14)13-16-5-7-18(19)8-6-16/h5-8,11,20H,4,9-10,12-13H2,1-3H3. The van der Waals surface area contributed by atoms with E-state index in [4.69, 9.17) is 16.3 Å². The molecule has 0 saturated heterocycles. The average Bonchev–Trinajstić information content (AvgIpc) is 2.77. The monoisotopic (exact) mass is 320 g/mol. The number of hydrogen-bond acceptors (Lipinski definition) is 2. The van der Waals surface area contributed by atoms with E-state index in [1.807, 2.05) is 12.1 Å². The third-order valence-corrected chi connectivity index (χ3v) is 4.20. The van der Waals surface area contributed by atoms with Gasteiger partial charge in [-0.3, -0.25) is 0 Å². The van der Waals surface area contributed by atoms with Crippen molar-refractivity contribution in [2.24, 2.45) is 0 Å². The van der Waals surface area contributed by atoms with E-state index < -0.39 is 0 Å². The molecule has 0 radical (unpaired) electrons. The molecule has 0 spiro atoms. The van der Waals surface area contributed by atoms with Crippen LogP contribution in [-0.4, -0.2) is 24.8 Å². The van der Waals surface area contributed by atoms with E-state index in [0.29, 0.717) is 0 Å². The molecular weight excluding hydrogens is 296 g/mol. The Morgan fingerprint density at radius 2 is 1.91 bits per heavy atom. The lowest BCUT2D eigenvalue weighted by molar-refractivity contribution is 0.194. The van der Waals surface area contributed by atoms with Crippen molar-refractivity contribution in [1.82, 2.24) is 9.88 Å². The Kier molecular flexibility index (Phi) is 6.49. The molecule has 0 saturated carbocycles. The van der Waals surface area contributed by atoms with E-state index in [1.54, 1.807) is 7.11 Å². The minimum atomic E-state index is 0.783. The molecule has 120 valence electrons. The highest BCUT2D eigenvalue weighted by Crippen LogP contribution is 2.18. The van der Waals surface area contributed by atoms with Gasteiger partial charge in [0.05, 0.1) is 0 Å². The van der Waals surface area contributed by atoms with Gasteiger partial charge in [0.25, 0.3) is 0 Å². The van der Waals surface area contributed by atoms with Gasteiger partial charge in [0.2, 0.25) is 0 Å². The molecule has 2 rings (SSSR count). The van der Waals surface area contributed by atoms with Crippen LogP contribution in [-0.2, 0) is 17.8 Å². The van der Waals surface area contributed by atoms with Gasteiger partial charge in [-0.2, -0.15) is 0 Å². The zero-order chi connectivity index (χ0) is 15.9. The molecule has 1 aromatic heterocycles. The topological polar surface area (TPSA) is 26.2 Å². The molecule has 0 bridgehead atoms. The number of benzene rings is 1. The van der Waals surface area contributed by atoms with Crippen LogP contribution < -0.4 is 5.32 Å². The fraction of sp³-hybridized carbons (Fsp3) is 0.444. The van der Waals surface area contributed by atoms with E-state index in [-0.39, 0.29) is 0 Å². The van der Waals surface area contributed by atoms with Crippen LogP contribution in [0.15, 0.2) is 30.3 Å². The summed E-state index contributed by atoms with van der Waals surface area (Å²) in [6.45, 7) is 7.94. The molecule has 0 aliphatic carbocycles. The number of aromatic nitrogens is 1. The summed E-state index contributed by atoms with van der Waals surface area (Å²) in [5.41, 5.74) is 5.25. The number of aryl methyl sites for hydroxylation is 1. The minimum Gasteiger partial charge on any atom is -0.385 e. The van der Waals surface area contributed by atoms with Crippen LogP contribution in [0.4, 0.5) is 0 Å². The number of hydrogen-bond donors (Lipinski definition) is 1. The molecule has 2 aromatic rings. The van der Waals surface area contributed by atoms with E-state index in [2.05, 4.69) is 41.9 Å². The zero-order valence-electron chi connectivity index (χ0n) is 13.7. The van der Waals surface area contributed by atoms with Gasteiger partial charge in [-0.15, -0.1) is 0 Å². The average molecular weight is 321 g/mol. The van der Waals surface area contributed by atoms with Crippen molar-refractivity contribution in [3.05, 3.63) is 57.9 Å². The van der Waals surface area contributed by atoms with Gasteiger partial charge in [-0.1, -0.05) is 23.7 Å². The summed E-state index contributed by atoms with van der Waals surface area (Å²) in [6, 6.07) is 10.3. The first-order chi connectivity index (χ1) is 10.6. The third kappa shape index (κ3) is 4.60. The smallest absolute Gasteiger partial charge is 0.0475 e. The highest BCUT2D eigenvalue weighted by Gasteiger charge is 2.09. The minimum absolute atomic E-state index is 0.783. The van der Waals surface area contributed by atoms with Gasteiger partial charge in [0.15, 0.2) is 0 Å². The van der Waals surface area contributed by atoms with Crippen molar-refractivity contribution < 1.29 is 4.74 Å². The number of ether oxygens (including phenoxy) is 1. The lowest BCUT2D eigenvalue weighted by Crippen LogP contribution is -2.16. The van der Waals surface area contributed by atoms with Gasteiger partial charge in [0.1, 0.15) is 0 Å². The first-order valence-corrected chi connectivity index (χ1v) is 8.09. The molecule has 0 amide bonds. The Balaban J connectivity index is 1.99. The van der Waals surface area contributed by atoms with Crippen LogP contribution >= 0.6 is 11.6 Å². The summed E-state index contributed by atoms with van der Waals surface area (Å²) in [7, 11) is 1.74. The lowest BCUT2D eigenvalue weighted by atomic mass is 10.2. The molecule has 0 aliphatic rings. The maximum atomic E-state index is 5.95. The highest BCUT2D eigenvalue weighted by molar-refractivity contribution is 6.30. The van der Waals surface area contributed by atoms with Crippen LogP contribution in [0, 0.1) is 13.8 Å². The summed E-state index contributed by atoms with van der Waals surface area (Å²) in [5.74, 6) is 0. The SMILES string of the molecule is COCCCNCc1cc(C)n(Cc2ccc(Cl)cc2)c1C. The molecule has 0 aliphatic heterocycles. The van der Waals surface area contributed by atoms with Crippen molar-refractivity contribution in [3.8, 4) is 0 Å². The van der Waals surface area contributed by atoms with Gasteiger partial charge < -0.3 is 14.6 Å². The summed E-state index contributed by atoms with van der Waals surface area (Å²) in [4.78, 5) is 0. The first kappa shape index (κ1) is 17.1. The van der Waals surface area contributed by atoms with Crippen molar-refractivity contribution in [1.29, 1.82) is 0 Å². The summed E-state index contributed by atoms with van der Waals surface area (Å²) >= 11 is 5.95. The molecular formula is C18H25ClN2O. The second kappa shape index (κ2) is 8.37. The zero-order valence-corrected chi connectivity index (χ0v) is 14.4. The molecule has 0 unspecified atom stereocenters. The Labute approximate surface area is 138 Å². The van der Waals surface area contributed by atoms with Crippen LogP contribution in [0.3, 0.4) is 0 Å². The second-order valence-electron chi connectivity index (χ2n) is 5.63. The molecule has 0 atom stereocenters. The molecule has 4 heteroatoms. The van der Waals surface area contributed by atoms with Gasteiger partial charge in [0, 0.05) is 43.2 Å². The number of halogens is 1. The summed E-state index contributed by atoms with van der Waals surface area (Å²) in [6.07, 6.45) is 1.04. The van der Waals surface area contributed by atoms with Crippen LogP contribution in [0.25, 0.3) is 0 Å². The number of nitrogens with zero attached hydrogens (tertiary/aromatic N) is 1. The molecule has 1 N–H and O–H groups in total. The fourth-order valence-corrected chi connectivity index (χ4v) is 2.76. The fourth-order valence-electron chi connectivity index (χ4n) is 2.63. The maximum Gasteiger partial charge on any atom is 0.0475 e. The van der Waals surface area contributed by atoms with E-state index in [9.17, 15) is 0 Å². The van der Waals surface area contributed by atoms with Gasteiger partial charge in [-0.05, 0) is 56.1 Å². The van der Waals surface area contributed by atoms with E-state index in [0.717, 1.165) is 37.7 Å². The largest absolute Gasteiger partial charge is 0.385 e. The third-order valence-electron chi connectivity index (χ3n) is 3.95. The molecule has 1 aromatic carbocycles. The Morgan fingerprint density at radius 3 is 2.59 bits per heavy atom. The lowest BCUT2D eigenvalue weighted by Gasteiger charge is -2.11. The van der Waals surface area contributed by atoms with Crippen LogP contribution in [0.2, 0.25) is 5.02 Å². The second-order valence-corrected chi connectivity index (χ2v) is 6.07. The van der Waals surface area contributed by atoms with Crippen molar-refractivity contribution in [2.75, 3.05) is 20.3 Å². The van der Waals surface area contributed by atoms with Crippen molar-refractivity contribution in [2.45, 2.75) is 33.4 Å². The summed E-state index contributed by atoms with van der Waals surface area (Å²) in [5, 5.41) is 4.26. The summed E-state index contributed by atoms with van der Waals surface area (Å²) < 4.78 is 7.42. The Morgan fingerprint density at radius 1 is 1.18 bits per heavy atom. The molecule has 0 fully saturated rings. The number of methoxy groups -OCH3 is 1. The molecule has 22 heavy (non-hydrogen) atoms. The van der Waals surface area contributed by atoms with Crippen molar-refractivity contribution >= 4 is 11.6 Å². The first-order valence-electron chi connectivity index (χ1n) is 7.71. The van der Waals surface area contributed by atoms with E-state index in [1.165, 1.54) is 22.5 Å². The number of nitrogens with one attached hydrogen (secondary N) is 1. The predicted molar refractivity (Wildman–Crippen MR) is 92.7 cm³/mol. The highest BCUT2D eigenvalue weighted by atomic mass is 35.5. The normalized spacial score (nSPS) is 11.1.